The summed E-state index contributed by atoms with van der Waals surface area (Å²) in [6, 6.07) is 6.47. The van der Waals surface area contributed by atoms with E-state index in [4.69, 9.17) is 4.74 Å². The number of nitrogens with zero attached hydrogens (tertiary/aromatic N) is 1. The largest absolute Gasteiger partial charge is 0.363 e. The third-order valence-electron chi connectivity index (χ3n) is 4.02. The van der Waals surface area contributed by atoms with Crippen molar-refractivity contribution in [2.75, 3.05) is 17.5 Å². The molecule has 0 radical (unpaired) electrons. The number of aryl methyl sites for hydroxylation is 1. The summed E-state index contributed by atoms with van der Waals surface area (Å²) in [4.78, 5) is 0. The molecule has 2 atom stereocenters. The molecule has 0 spiro atoms. The van der Waals surface area contributed by atoms with Gasteiger partial charge in [-0.3, -0.25) is 4.31 Å². The second-order valence-electron chi connectivity index (χ2n) is 6.16. The normalized spacial score (nSPS) is 26.5. The molecule has 104 valence electrons. The van der Waals surface area contributed by atoms with E-state index >= 15 is 0 Å². The Labute approximate surface area is 117 Å². The Morgan fingerprint density at radius 1 is 1.42 bits per heavy atom. The van der Waals surface area contributed by atoms with Crippen LogP contribution in [0.5, 0.6) is 0 Å². The lowest BCUT2D eigenvalue weighted by molar-refractivity contribution is 0.169. The number of rotatable bonds is 2. The van der Waals surface area contributed by atoms with E-state index < -0.39 is 11.0 Å². The Kier molecular flexibility index (Phi) is 3.18. The van der Waals surface area contributed by atoms with Crippen LogP contribution in [-0.4, -0.2) is 22.8 Å². The first-order valence-electron chi connectivity index (χ1n) is 6.90. The zero-order valence-electron chi connectivity index (χ0n) is 11.8. The lowest BCUT2D eigenvalue weighted by Crippen LogP contribution is -2.35. The molecule has 1 aromatic carbocycles. The second kappa shape index (κ2) is 4.60. The Morgan fingerprint density at radius 2 is 2.21 bits per heavy atom. The Bertz CT molecular complexity index is 521. The van der Waals surface area contributed by atoms with Crippen LogP contribution in [0.3, 0.4) is 0 Å². The molecule has 0 bridgehead atoms. The topological polar surface area (TPSA) is 29.5 Å². The standard InChI is InChI=1S/C15H21NO2S/c1-11-6-7-12-13(9-11)16(10-15(12,2)3)19(17)14-5-4-8-18-14/h6-7,9,14H,4-5,8,10H2,1-3H3. The molecule has 1 aromatic rings. The summed E-state index contributed by atoms with van der Waals surface area (Å²) < 4.78 is 20.4. The van der Waals surface area contributed by atoms with Crippen LogP contribution in [-0.2, 0) is 21.1 Å². The molecule has 0 aromatic heterocycles. The number of hydrogen-bond donors (Lipinski definition) is 0. The van der Waals surface area contributed by atoms with Crippen molar-refractivity contribution in [3.63, 3.8) is 0 Å². The maximum absolute atomic E-state index is 12.7. The quantitative estimate of drug-likeness (QED) is 0.833. The van der Waals surface area contributed by atoms with Gasteiger partial charge in [0.1, 0.15) is 11.0 Å². The number of ether oxygens (including phenoxy) is 1. The number of hydrogen-bond acceptors (Lipinski definition) is 2. The first kappa shape index (κ1) is 13.1. The van der Waals surface area contributed by atoms with Crippen molar-refractivity contribution < 1.29 is 8.95 Å². The minimum atomic E-state index is -1.08. The first-order chi connectivity index (χ1) is 8.99. The van der Waals surface area contributed by atoms with Crippen molar-refractivity contribution in [3.8, 4) is 0 Å². The van der Waals surface area contributed by atoms with Crippen molar-refractivity contribution in [1.29, 1.82) is 0 Å². The van der Waals surface area contributed by atoms with Gasteiger partial charge in [-0.1, -0.05) is 26.0 Å². The van der Waals surface area contributed by atoms with Gasteiger partial charge in [-0.15, -0.1) is 0 Å². The van der Waals surface area contributed by atoms with Crippen molar-refractivity contribution >= 4 is 16.7 Å². The van der Waals surface area contributed by atoms with Crippen LogP contribution in [0.15, 0.2) is 18.2 Å². The fourth-order valence-electron chi connectivity index (χ4n) is 2.96. The predicted molar refractivity (Wildman–Crippen MR) is 78.7 cm³/mol. The molecule has 1 saturated heterocycles. The Morgan fingerprint density at radius 3 is 2.89 bits per heavy atom. The molecular formula is C15H21NO2S. The molecule has 2 unspecified atom stereocenters. The number of anilines is 1. The van der Waals surface area contributed by atoms with E-state index in [1.54, 1.807) is 0 Å². The summed E-state index contributed by atoms with van der Waals surface area (Å²) in [6.07, 6.45) is 1.93. The van der Waals surface area contributed by atoms with E-state index in [2.05, 4.69) is 39.0 Å². The third kappa shape index (κ3) is 2.21. The maximum atomic E-state index is 12.7. The van der Waals surface area contributed by atoms with Gasteiger partial charge in [0.15, 0.2) is 5.44 Å². The summed E-state index contributed by atoms with van der Waals surface area (Å²) in [5.74, 6) is 0. The average molecular weight is 279 g/mol. The summed E-state index contributed by atoms with van der Waals surface area (Å²) >= 11 is 0. The molecule has 19 heavy (non-hydrogen) atoms. The van der Waals surface area contributed by atoms with Crippen molar-refractivity contribution in [3.05, 3.63) is 29.3 Å². The summed E-state index contributed by atoms with van der Waals surface area (Å²) in [6.45, 7) is 8.06. The van der Waals surface area contributed by atoms with E-state index in [0.717, 1.165) is 31.7 Å². The van der Waals surface area contributed by atoms with Gasteiger partial charge >= 0.3 is 0 Å². The fraction of sp³-hybridized carbons (Fsp3) is 0.600. The highest BCUT2D eigenvalue weighted by Crippen LogP contribution is 2.42. The monoisotopic (exact) mass is 279 g/mol. The zero-order chi connectivity index (χ0) is 13.6. The summed E-state index contributed by atoms with van der Waals surface area (Å²) in [5, 5.41) is 0. The van der Waals surface area contributed by atoms with Crippen LogP contribution in [0, 0.1) is 6.92 Å². The lowest BCUT2D eigenvalue weighted by Gasteiger charge is -2.23. The summed E-state index contributed by atoms with van der Waals surface area (Å²) in [7, 11) is -1.08. The van der Waals surface area contributed by atoms with E-state index in [9.17, 15) is 4.21 Å². The highest BCUT2D eigenvalue weighted by molar-refractivity contribution is 7.87. The van der Waals surface area contributed by atoms with Crippen molar-refractivity contribution in [2.45, 2.75) is 44.5 Å². The second-order valence-corrected chi connectivity index (χ2v) is 7.68. The molecule has 4 heteroatoms. The molecule has 2 aliphatic heterocycles. The van der Waals surface area contributed by atoms with E-state index in [1.807, 2.05) is 4.31 Å². The molecule has 0 saturated carbocycles. The third-order valence-corrected chi connectivity index (χ3v) is 5.60. The SMILES string of the molecule is Cc1ccc2c(c1)N(S(=O)C1CCCO1)CC2(C)C. The lowest BCUT2D eigenvalue weighted by atomic mass is 9.87. The Balaban J connectivity index is 1.97. The Hall–Kier alpha value is -0.870. The minimum Gasteiger partial charge on any atom is -0.363 e. The van der Waals surface area contributed by atoms with Gasteiger partial charge in [0.05, 0.1) is 5.69 Å². The molecule has 0 aliphatic carbocycles. The van der Waals surface area contributed by atoms with Crippen LogP contribution in [0.1, 0.15) is 37.8 Å². The minimum absolute atomic E-state index is 0.0529. The van der Waals surface area contributed by atoms with Gasteiger partial charge < -0.3 is 4.74 Å². The smallest absolute Gasteiger partial charge is 0.152 e. The van der Waals surface area contributed by atoms with Gasteiger partial charge in [-0.25, -0.2) is 4.21 Å². The summed E-state index contributed by atoms with van der Waals surface area (Å²) in [5.41, 5.74) is 3.56. The van der Waals surface area contributed by atoms with Gasteiger partial charge in [-0.2, -0.15) is 0 Å². The number of benzene rings is 1. The highest BCUT2D eigenvalue weighted by atomic mass is 32.2. The van der Waals surface area contributed by atoms with Gasteiger partial charge in [-0.05, 0) is 37.0 Å². The molecule has 3 rings (SSSR count). The molecule has 0 amide bonds. The predicted octanol–water partition coefficient (Wildman–Crippen LogP) is 2.89. The molecular weight excluding hydrogens is 258 g/mol. The maximum Gasteiger partial charge on any atom is 0.152 e. The molecule has 1 fully saturated rings. The van der Waals surface area contributed by atoms with Crippen LogP contribution in [0.2, 0.25) is 0 Å². The number of fused-ring (bicyclic) bond motifs is 1. The first-order valence-corrected chi connectivity index (χ1v) is 8.07. The van der Waals surface area contributed by atoms with Gasteiger partial charge in [0, 0.05) is 18.6 Å². The van der Waals surface area contributed by atoms with E-state index in [0.29, 0.717) is 0 Å². The van der Waals surface area contributed by atoms with Crippen LogP contribution in [0.4, 0.5) is 5.69 Å². The van der Waals surface area contributed by atoms with Gasteiger partial charge in [0.2, 0.25) is 0 Å². The highest BCUT2D eigenvalue weighted by Gasteiger charge is 2.40. The van der Waals surface area contributed by atoms with Gasteiger partial charge in [0.25, 0.3) is 0 Å². The van der Waals surface area contributed by atoms with Crippen molar-refractivity contribution in [1.82, 2.24) is 0 Å². The van der Waals surface area contributed by atoms with Crippen molar-refractivity contribution in [2.24, 2.45) is 0 Å². The fourth-order valence-corrected chi connectivity index (χ4v) is 4.62. The van der Waals surface area contributed by atoms with Crippen LogP contribution < -0.4 is 4.31 Å². The molecule has 2 aliphatic rings. The van der Waals surface area contributed by atoms with E-state index in [-0.39, 0.29) is 10.9 Å². The molecule has 2 heterocycles. The van der Waals surface area contributed by atoms with Crippen LogP contribution >= 0.6 is 0 Å². The molecule has 3 nitrogen and oxygen atoms in total. The van der Waals surface area contributed by atoms with E-state index in [1.165, 1.54) is 11.1 Å². The zero-order valence-corrected chi connectivity index (χ0v) is 12.6. The van der Waals surface area contributed by atoms with Crippen LogP contribution in [0.25, 0.3) is 0 Å². The average Bonchev–Trinajstić information content (AvgIpc) is 2.95. The molecule has 0 N–H and O–H groups in total.